The first-order valence-electron chi connectivity index (χ1n) is 11.1. The largest absolute Gasteiger partial charge is 0.494 e. The molecule has 1 heterocycles. The highest BCUT2D eigenvalue weighted by atomic mass is 16.5. The summed E-state index contributed by atoms with van der Waals surface area (Å²) < 4.78 is 21.9. The molecule has 33 heavy (non-hydrogen) atoms. The van der Waals surface area contributed by atoms with E-state index in [4.69, 9.17) is 18.9 Å². The van der Waals surface area contributed by atoms with Crippen molar-refractivity contribution < 1.29 is 28.5 Å². The SMILES string of the molecule is COCCOc1ccc(C(C)NC(=O)CCCOc2ccc3c(c2)CCC(=O)N3)cc1OC. The van der Waals surface area contributed by atoms with Crippen LogP contribution in [0.5, 0.6) is 17.2 Å². The molecule has 178 valence electrons. The summed E-state index contributed by atoms with van der Waals surface area (Å²) in [5.74, 6) is 2.00. The average molecular weight is 457 g/mol. The molecule has 2 amide bonds. The van der Waals surface area contributed by atoms with E-state index < -0.39 is 0 Å². The maximum absolute atomic E-state index is 12.4. The third-order valence-electron chi connectivity index (χ3n) is 5.40. The molecule has 0 radical (unpaired) electrons. The highest BCUT2D eigenvalue weighted by molar-refractivity contribution is 5.94. The van der Waals surface area contributed by atoms with Crippen molar-refractivity contribution in [3.63, 3.8) is 0 Å². The van der Waals surface area contributed by atoms with Crippen LogP contribution in [0.2, 0.25) is 0 Å². The number of carbonyl (C=O) groups is 2. The molecule has 1 aliphatic rings. The van der Waals surface area contributed by atoms with E-state index in [2.05, 4.69) is 10.6 Å². The molecular formula is C25H32N2O6. The van der Waals surface area contributed by atoms with E-state index in [0.717, 1.165) is 22.6 Å². The summed E-state index contributed by atoms with van der Waals surface area (Å²) in [5.41, 5.74) is 2.85. The molecule has 0 saturated heterocycles. The van der Waals surface area contributed by atoms with Crippen molar-refractivity contribution in [3.8, 4) is 17.2 Å². The van der Waals surface area contributed by atoms with Crippen LogP contribution in [-0.2, 0) is 20.7 Å². The zero-order chi connectivity index (χ0) is 23.6. The van der Waals surface area contributed by atoms with Gasteiger partial charge in [0.1, 0.15) is 12.4 Å². The van der Waals surface area contributed by atoms with Crippen LogP contribution in [0.3, 0.4) is 0 Å². The standard InChI is InChI=1S/C25H32N2O6/c1-17(18-6-10-22(23(16-18)31-3)33-14-13-30-2)26-24(28)5-4-12-32-20-8-9-21-19(15-20)7-11-25(29)27-21/h6,8-10,15-17H,4-5,7,11-14H2,1-3H3,(H,26,28)(H,27,29). The van der Waals surface area contributed by atoms with E-state index in [1.54, 1.807) is 14.2 Å². The number of carbonyl (C=O) groups excluding carboxylic acids is 2. The monoisotopic (exact) mass is 456 g/mol. The molecule has 0 bridgehead atoms. The van der Waals surface area contributed by atoms with E-state index in [1.807, 2.05) is 43.3 Å². The molecule has 2 aromatic rings. The van der Waals surface area contributed by atoms with Gasteiger partial charge in [0.2, 0.25) is 11.8 Å². The Balaban J connectivity index is 1.42. The highest BCUT2D eigenvalue weighted by Gasteiger charge is 2.16. The quantitative estimate of drug-likeness (QED) is 0.474. The van der Waals surface area contributed by atoms with E-state index >= 15 is 0 Å². The lowest BCUT2D eigenvalue weighted by molar-refractivity contribution is -0.122. The normalized spacial score (nSPS) is 13.5. The Morgan fingerprint density at radius 2 is 1.88 bits per heavy atom. The Labute approximate surface area is 194 Å². The second-order valence-electron chi connectivity index (χ2n) is 7.86. The summed E-state index contributed by atoms with van der Waals surface area (Å²) in [7, 11) is 3.21. The van der Waals surface area contributed by atoms with E-state index in [-0.39, 0.29) is 17.9 Å². The summed E-state index contributed by atoms with van der Waals surface area (Å²) >= 11 is 0. The topological polar surface area (TPSA) is 95.1 Å². The van der Waals surface area contributed by atoms with Gasteiger partial charge in [-0.15, -0.1) is 0 Å². The minimum Gasteiger partial charge on any atom is -0.494 e. The van der Waals surface area contributed by atoms with Crippen molar-refractivity contribution in [2.45, 2.75) is 38.6 Å². The first kappa shape index (κ1) is 24.4. The predicted molar refractivity (Wildman–Crippen MR) is 125 cm³/mol. The minimum atomic E-state index is -0.170. The van der Waals surface area contributed by atoms with Crippen LogP contribution < -0.4 is 24.8 Å². The number of hydrogen-bond acceptors (Lipinski definition) is 6. The Kier molecular flexibility index (Phi) is 8.95. The molecule has 0 aromatic heterocycles. The van der Waals surface area contributed by atoms with Gasteiger partial charge in [0.15, 0.2) is 11.5 Å². The number of rotatable bonds is 12. The van der Waals surface area contributed by atoms with Crippen LogP contribution in [0.4, 0.5) is 5.69 Å². The maximum Gasteiger partial charge on any atom is 0.224 e. The van der Waals surface area contributed by atoms with Gasteiger partial charge < -0.3 is 29.6 Å². The zero-order valence-corrected chi connectivity index (χ0v) is 19.4. The van der Waals surface area contributed by atoms with Crippen molar-refractivity contribution in [2.75, 3.05) is 39.4 Å². The zero-order valence-electron chi connectivity index (χ0n) is 19.4. The van der Waals surface area contributed by atoms with E-state index in [1.165, 1.54) is 0 Å². The van der Waals surface area contributed by atoms with Gasteiger partial charge in [-0.1, -0.05) is 6.07 Å². The first-order valence-corrected chi connectivity index (χ1v) is 11.1. The van der Waals surface area contributed by atoms with E-state index in [0.29, 0.717) is 57.0 Å². The highest BCUT2D eigenvalue weighted by Crippen LogP contribution is 2.30. The molecule has 0 spiro atoms. The second-order valence-corrected chi connectivity index (χ2v) is 7.86. The van der Waals surface area contributed by atoms with Gasteiger partial charge in [-0.25, -0.2) is 0 Å². The van der Waals surface area contributed by atoms with Crippen LogP contribution in [0.15, 0.2) is 36.4 Å². The number of ether oxygens (including phenoxy) is 4. The fourth-order valence-corrected chi connectivity index (χ4v) is 3.58. The Hall–Kier alpha value is -3.26. The van der Waals surface area contributed by atoms with Crippen molar-refractivity contribution in [1.29, 1.82) is 0 Å². The van der Waals surface area contributed by atoms with Gasteiger partial charge in [-0.3, -0.25) is 9.59 Å². The van der Waals surface area contributed by atoms with Crippen LogP contribution in [0.1, 0.15) is 43.4 Å². The lowest BCUT2D eigenvalue weighted by Gasteiger charge is -2.18. The number of nitrogens with one attached hydrogen (secondary N) is 2. The fraction of sp³-hybridized carbons (Fsp3) is 0.440. The summed E-state index contributed by atoms with van der Waals surface area (Å²) in [4.78, 5) is 23.8. The van der Waals surface area contributed by atoms with Crippen molar-refractivity contribution in [3.05, 3.63) is 47.5 Å². The summed E-state index contributed by atoms with van der Waals surface area (Å²) in [5, 5.41) is 5.87. The first-order chi connectivity index (χ1) is 16.0. The van der Waals surface area contributed by atoms with Gasteiger partial charge in [0, 0.05) is 25.6 Å². The van der Waals surface area contributed by atoms with Gasteiger partial charge in [-0.05, 0) is 61.2 Å². The average Bonchev–Trinajstić information content (AvgIpc) is 2.82. The lowest BCUT2D eigenvalue weighted by atomic mass is 10.0. The molecule has 3 rings (SSSR count). The number of anilines is 1. The van der Waals surface area contributed by atoms with Crippen LogP contribution in [0.25, 0.3) is 0 Å². The molecule has 1 atom stereocenters. The third kappa shape index (κ3) is 7.12. The van der Waals surface area contributed by atoms with Crippen LogP contribution in [0, 0.1) is 0 Å². The van der Waals surface area contributed by atoms with Gasteiger partial charge in [-0.2, -0.15) is 0 Å². The molecule has 0 saturated carbocycles. The molecule has 8 nitrogen and oxygen atoms in total. The number of amides is 2. The number of methoxy groups -OCH3 is 2. The number of aryl methyl sites for hydroxylation is 1. The Morgan fingerprint density at radius 3 is 2.67 bits per heavy atom. The number of hydrogen-bond donors (Lipinski definition) is 2. The van der Waals surface area contributed by atoms with Gasteiger partial charge >= 0.3 is 0 Å². The minimum absolute atomic E-state index is 0.0428. The smallest absolute Gasteiger partial charge is 0.224 e. The Morgan fingerprint density at radius 1 is 1.03 bits per heavy atom. The lowest BCUT2D eigenvalue weighted by Crippen LogP contribution is -2.26. The molecule has 2 N–H and O–H groups in total. The van der Waals surface area contributed by atoms with Crippen LogP contribution >= 0.6 is 0 Å². The summed E-state index contributed by atoms with van der Waals surface area (Å²) in [6.45, 7) is 3.29. The molecular weight excluding hydrogens is 424 g/mol. The maximum atomic E-state index is 12.4. The van der Waals surface area contributed by atoms with Gasteiger partial charge in [0.25, 0.3) is 0 Å². The summed E-state index contributed by atoms with van der Waals surface area (Å²) in [6, 6.07) is 11.1. The second kappa shape index (κ2) is 12.1. The van der Waals surface area contributed by atoms with Crippen molar-refractivity contribution in [2.24, 2.45) is 0 Å². The van der Waals surface area contributed by atoms with Crippen LogP contribution in [-0.4, -0.2) is 45.9 Å². The van der Waals surface area contributed by atoms with Gasteiger partial charge in [0.05, 0.1) is 26.4 Å². The number of fused-ring (bicyclic) bond motifs is 1. The number of benzene rings is 2. The van der Waals surface area contributed by atoms with Crippen molar-refractivity contribution in [1.82, 2.24) is 5.32 Å². The fourth-order valence-electron chi connectivity index (χ4n) is 3.58. The molecule has 1 unspecified atom stereocenters. The molecule has 0 fully saturated rings. The molecule has 8 heteroatoms. The Bertz CT molecular complexity index is 962. The molecule has 1 aliphatic heterocycles. The van der Waals surface area contributed by atoms with Crippen molar-refractivity contribution >= 4 is 17.5 Å². The van der Waals surface area contributed by atoms with E-state index in [9.17, 15) is 9.59 Å². The molecule has 2 aromatic carbocycles. The molecule has 0 aliphatic carbocycles. The summed E-state index contributed by atoms with van der Waals surface area (Å²) in [6.07, 6.45) is 2.16. The predicted octanol–water partition coefficient (Wildman–Crippen LogP) is 3.64. The third-order valence-corrected chi connectivity index (χ3v) is 5.40.